The summed E-state index contributed by atoms with van der Waals surface area (Å²) in [5.74, 6) is -0.354. The average molecular weight is 266 g/mol. The molecule has 19 heavy (non-hydrogen) atoms. The van der Waals surface area contributed by atoms with Crippen molar-refractivity contribution in [3.8, 4) is 0 Å². The number of halogens is 2. The number of nitrogens with two attached hydrogens (primary N) is 1. The van der Waals surface area contributed by atoms with E-state index in [0.717, 1.165) is 18.2 Å². The molecule has 102 valence electrons. The van der Waals surface area contributed by atoms with Crippen LogP contribution in [0.1, 0.15) is 37.3 Å². The van der Waals surface area contributed by atoms with Crippen molar-refractivity contribution in [1.82, 2.24) is 14.8 Å². The molecule has 1 heterocycles. The van der Waals surface area contributed by atoms with Gasteiger partial charge >= 0.3 is 0 Å². The minimum absolute atomic E-state index is 0.141. The van der Waals surface area contributed by atoms with E-state index in [1.807, 2.05) is 13.8 Å². The Kier molecular flexibility index (Phi) is 3.90. The molecule has 0 aliphatic heterocycles. The van der Waals surface area contributed by atoms with E-state index in [2.05, 4.69) is 10.1 Å². The molecule has 2 aromatic rings. The van der Waals surface area contributed by atoms with Crippen LogP contribution in [0.5, 0.6) is 0 Å². The first kappa shape index (κ1) is 13.6. The summed E-state index contributed by atoms with van der Waals surface area (Å²) in [7, 11) is 0. The molecule has 0 aliphatic carbocycles. The third kappa shape index (κ3) is 2.96. The Bertz CT molecular complexity index is 566. The molecule has 1 unspecified atom stereocenters. The normalized spacial score (nSPS) is 12.9. The molecule has 4 nitrogen and oxygen atoms in total. The van der Waals surface area contributed by atoms with Crippen LogP contribution in [0.15, 0.2) is 24.5 Å². The van der Waals surface area contributed by atoms with Crippen LogP contribution in [-0.4, -0.2) is 14.8 Å². The van der Waals surface area contributed by atoms with Crippen LogP contribution in [-0.2, 0) is 6.42 Å². The van der Waals surface area contributed by atoms with Gasteiger partial charge in [-0.1, -0.05) is 0 Å². The molecular weight excluding hydrogens is 250 g/mol. The van der Waals surface area contributed by atoms with E-state index in [4.69, 9.17) is 5.73 Å². The van der Waals surface area contributed by atoms with Crippen LogP contribution in [0.4, 0.5) is 8.78 Å². The number of benzene rings is 1. The van der Waals surface area contributed by atoms with Gasteiger partial charge in [0.25, 0.3) is 0 Å². The molecule has 0 saturated carbocycles. The summed E-state index contributed by atoms with van der Waals surface area (Å²) in [5, 5.41) is 4.08. The highest BCUT2D eigenvalue weighted by molar-refractivity contribution is 5.23. The van der Waals surface area contributed by atoms with Crippen molar-refractivity contribution in [3.05, 3.63) is 47.5 Å². The standard InChI is InChI=1S/C13H16F2N4/c1-8(2)19-13(17-7-18-19)6-12(16)10-5-9(14)3-4-11(10)15/h3-5,7-8,12H,6,16H2,1-2H3. The number of aromatic nitrogens is 3. The molecule has 1 aromatic heterocycles. The van der Waals surface area contributed by atoms with E-state index >= 15 is 0 Å². The number of nitrogens with zero attached hydrogens (tertiary/aromatic N) is 3. The van der Waals surface area contributed by atoms with Gasteiger partial charge in [0.05, 0.1) is 0 Å². The lowest BCUT2D eigenvalue weighted by Gasteiger charge is -2.15. The first-order valence-corrected chi connectivity index (χ1v) is 6.08. The van der Waals surface area contributed by atoms with E-state index in [-0.39, 0.29) is 11.6 Å². The van der Waals surface area contributed by atoms with Gasteiger partial charge in [0, 0.05) is 24.1 Å². The maximum absolute atomic E-state index is 13.6. The highest BCUT2D eigenvalue weighted by Crippen LogP contribution is 2.20. The monoisotopic (exact) mass is 266 g/mol. The lowest BCUT2D eigenvalue weighted by atomic mass is 10.0. The smallest absolute Gasteiger partial charge is 0.138 e. The topological polar surface area (TPSA) is 56.7 Å². The third-order valence-corrected chi connectivity index (χ3v) is 2.90. The quantitative estimate of drug-likeness (QED) is 0.924. The minimum Gasteiger partial charge on any atom is -0.323 e. The highest BCUT2D eigenvalue weighted by Gasteiger charge is 2.17. The summed E-state index contributed by atoms with van der Waals surface area (Å²) >= 11 is 0. The fourth-order valence-electron chi connectivity index (χ4n) is 1.96. The molecule has 6 heteroatoms. The third-order valence-electron chi connectivity index (χ3n) is 2.90. The van der Waals surface area contributed by atoms with Crippen molar-refractivity contribution in [1.29, 1.82) is 0 Å². The Labute approximate surface area is 110 Å². The lowest BCUT2D eigenvalue weighted by molar-refractivity contribution is 0.487. The minimum atomic E-state index is -0.655. The molecule has 1 atom stereocenters. The van der Waals surface area contributed by atoms with Crippen LogP contribution < -0.4 is 5.73 Å². The summed E-state index contributed by atoms with van der Waals surface area (Å²) in [4.78, 5) is 4.11. The van der Waals surface area contributed by atoms with Gasteiger partial charge in [-0.3, -0.25) is 0 Å². The van der Waals surface area contributed by atoms with Crippen molar-refractivity contribution in [2.45, 2.75) is 32.4 Å². The Morgan fingerprint density at radius 3 is 2.74 bits per heavy atom. The van der Waals surface area contributed by atoms with Gasteiger partial charge in [0.2, 0.25) is 0 Å². The summed E-state index contributed by atoms with van der Waals surface area (Å²) in [5.41, 5.74) is 6.09. The Morgan fingerprint density at radius 1 is 1.32 bits per heavy atom. The second-order valence-corrected chi connectivity index (χ2v) is 4.69. The van der Waals surface area contributed by atoms with Crippen molar-refractivity contribution in [2.75, 3.05) is 0 Å². The van der Waals surface area contributed by atoms with Gasteiger partial charge < -0.3 is 5.73 Å². The summed E-state index contributed by atoms with van der Waals surface area (Å²) in [6, 6.07) is 2.76. The molecule has 0 bridgehead atoms. The van der Waals surface area contributed by atoms with Crippen LogP contribution in [0, 0.1) is 11.6 Å². The summed E-state index contributed by atoms with van der Waals surface area (Å²) < 4.78 is 28.5. The Hall–Kier alpha value is -1.82. The number of hydrogen-bond donors (Lipinski definition) is 1. The van der Waals surface area contributed by atoms with Gasteiger partial charge in [-0.05, 0) is 32.0 Å². The van der Waals surface area contributed by atoms with Crippen molar-refractivity contribution in [3.63, 3.8) is 0 Å². The average Bonchev–Trinajstić information content (AvgIpc) is 2.80. The van der Waals surface area contributed by atoms with Gasteiger partial charge in [-0.2, -0.15) is 5.10 Å². The summed E-state index contributed by atoms with van der Waals surface area (Å²) in [6.45, 7) is 3.93. The molecule has 0 fully saturated rings. The first-order chi connectivity index (χ1) is 8.99. The van der Waals surface area contributed by atoms with Gasteiger partial charge in [-0.25, -0.2) is 18.4 Å². The Balaban J connectivity index is 2.23. The molecule has 2 N–H and O–H groups in total. The number of rotatable bonds is 4. The van der Waals surface area contributed by atoms with Crippen molar-refractivity contribution in [2.24, 2.45) is 5.73 Å². The Morgan fingerprint density at radius 2 is 2.05 bits per heavy atom. The predicted molar refractivity (Wildman–Crippen MR) is 67.4 cm³/mol. The molecule has 0 amide bonds. The molecule has 0 radical (unpaired) electrons. The van der Waals surface area contributed by atoms with Crippen molar-refractivity contribution >= 4 is 0 Å². The van der Waals surface area contributed by atoms with E-state index in [1.54, 1.807) is 4.68 Å². The zero-order valence-corrected chi connectivity index (χ0v) is 10.8. The van der Waals surface area contributed by atoms with E-state index in [1.165, 1.54) is 6.33 Å². The van der Waals surface area contributed by atoms with Crippen LogP contribution >= 0.6 is 0 Å². The fourth-order valence-corrected chi connectivity index (χ4v) is 1.96. The van der Waals surface area contributed by atoms with E-state index in [9.17, 15) is 8.78 Å². The second-order valence-electron chi connectivity index (χ2n) is 4.69. The van der Waals surface area contributed by atoms with E-state index < -0.39 is 17.7 Å². The van der Waals surface area contributed by atoms with Crippen LogP contribution in [0.25, 0.3) is 0 Å². The zero-order chi connectivity index (χ0) is 14.0. The summed E-state index contributed by atoms with van der Waals surface area (Å²) in [6.07, 6.45) is 1.74. The molecule has 2 rings (SSSR count). The van der Waals surface area contributed by atoms with Crippen LogP contribution in [0.2, 0.25) is 0 Å². The van der Waals surface area contributed by atoms with Crippen molar-refractivity contribution < 1.29 is 8.78 Å². The maximum Gasteiger partial charge on any atom is 0.138 e. The van der Waals surface area contributed by atoms with E-state index in [0.29, 0.717) is 12.2 Å². The second kappa shape index (κ2) is 5.44. The highest BCUT2D eigenvalue weighted by atomic mass is 19.1. The number of hydrogen-bond acceptors (Lipinski definition) is 3. The maximum atomic E-state index is 13.6. The molecule has 1 aromatic carbocycles. The van der Waals surface area contributed by atoms with Gasteiger partial charge in [0.1, 0.15) is 23.8 Å². The molecule has 0 aliphatic rings. The molecular formula is C13H16F2N4. The zero-order valence-electron chi connectivity index (χ0n) is 10.8. The van der Waals surface area contributed by atoms with Gasteiger partial charge in [0.15, 0.2) is 0 Å². The lowest BCUT2D eigenvalue weighted by Crippen LogP contribution is -2.19. The largest absolute Gasteiger partial charge is 0.323 e. The first-order valence-electron chi connectivity index (χ1n) is 6.08. The SMILES string of the molecule is CC(C)n1ncnc1CC(N)c1cc(F)ccc1F. The predicted octanol–water partition coefficient (Wildman–Crippen LogP) is 2.38. The van der Waals surface area contributed by atoms with Crippen LogP contribution in [0.3, 0.4) is 0 Å². The fraction of sp³-hybridized carbons (Fsp3) is 0.385. The molecule has 0 saturated heterocycles. The molecule has 0 spiro atoms. The van der Waals surface area contributed by atoms with Gasteiger partial charge in [-0.15, -0.1) is 0 Å².